The standard InChI is InChI=1S/C20H30N2/c1-14-10-9-11-18(12-14)22-17(4)16(3)15(2)13-19(21-8)20(5,6)7/h9-13,16,22H,4H2,1-3,5-8H3/b15-13+,21-19+. The molecule has 0 fully saturated rings. The number of anilines is 1. The Morgan fingerprint density at radius 3 is 2.45 bits per heavy atom. The highest BCUT2D eigenvalue weighted by atomic mass is 14.9. The summed E-state index contributed by atoms with van der Waals surface area (Å²) in [6.45, 7) is 17.2. The largest absolute Gasteiger partial charge is 0.359 e. The molecule has 0 aromatic heterocycles. The third-order valence-corrected chi connectivity index (χ3v) is 3.90. The third-order valence-electron chi connectivity index (χ3n) is 3.90. The fourth-order valence-electron chi connectivity index (χ4n) is 2.25. The lowest BCUT2D eigenvalue weighted by Crippen LogP contribution is -2.19. The van der Waals surface area contributed by atoms with Crippen LogP contribution in [-0.4, -0.2) is 12.8 Å². The van der Waals surface area contributed by atoms with Gasteiger partial charge >= 0.3 is 0 Å². The van der Waals surface area contributed by atoms with Crippen molar-refractivity contribution < 1.29 is 0 Å². The summed E-state index contributed by atoms with van der Waals surface area (Å²) in [4.78, 5) is 4.43. The second kappa shape index (κ2) is 7.44. The maximum absolute atomic E-state index is 4.43. The van der Waals surface area contributed by atoms with Gasteiger partial charge in [-0.25, -0.2) is 0 Å². The Labute approximate surface area is 136 Å². The van der Waals surface area contributed by atoms with Crippen molar-refractivity contribution in [3.05, 3.63) is 53.8 Å². The highest BCUT2D eigenvalue weighted by molar-refractivity contribution is 5.99. The van der Waals surface area contributed by atoms with E-state index in [2.05, 4.69) is 88.8 Å². The molecule has 1 aromatic rings. The van der Waals surface area contributed by atoms with Gasteiger partial charge in [-0.15, -0.1) is 0 Å². The van der Waals surface area contributed by atoms with E-state index in [0.717, 1.165) is 17.1 Å². The van der Waals surface area contributed by atoms with E-state index in [0.29, 0.717) is 0 Å². The SMILES string of the molecule is C=C(Nc1cccc(C)c1)C(C)/C(C)=C/C(=N\C)C(C)(C)C. The van der Waals surface area contributed by atoms with Crippen molar-refractivity contribution in [2.24, 2.45) is 16.3 Å². The van der Waals surface area contributed by atoms with Gasteiger partial charge in [0.05, 0.1) is 0 Å². The summed E-state index contributed by atoms with van der Waals surface area (Å²) in [7, 11) is 1.86. The summed E-state index contributed by atoms with van der Waals surface area (Å²) >= 11 is 0. The van der Waals surface area contributed by atoms with Gasteiger partial charge < -0.3 is 5.32 Å². The third kappa shape index (κ3) is 5.18. The Morgan fingerprint density at radius 2 is 1.95 bits per heavy atom. The molecule has 1 N–H and O–H groups in total. The fraction of sp³-hybridized carbons (Fsp3) is 0.450. The summed E-state index contributed by atoms with van der Waals surface area (Å²) in [5, 5.41) is 3.42. The van der Waals surface area contributed by atoms with Gasteiger partial charge in [0.25, 0.3) is 0 Å². The quantitative estimate of drug-likeness (QED) is 0.701. The van der Waals surface area contributed by atoms with Gasteiger partial charge in [0.15, 0.2) is 0 Å². The van der Waals surface area contributed by atoms with Crippen LogP contribution < -0.4 is 5.32 Å². The summed E-state index contributed by atoms with van der Waals surface area (Å²) in [5.41, 5.74) is 5.77. The van der Waals surface area contributed by atoms with Crippen molar-refractivity contribution >= 4 is 11.4 Å². The molecule has 2 heteroatoms. The predicted octanol–water partition coefficient (Wildman–Crippen LogP) is 5.62. The lowest BCUT2D eigenvalue weighted by Gasteiger charge is -2.22. The zero-order chi connectivity index (χ0) is 16.9. The minimum atomic E-state index is 0.0566. The number of benzene rings is 1. The molecule has 0 heterocycles. The second-order valence-corrected chi connectivity index (χ2v) is 6.99. The average Bonchev–Trinajstić information content (AvgIpc) is 2.42. The summed E-state index contributed by atoms with van der Waals surface area (Å²) in [6, 6.07) is 8.35. The van der Waals surface area contributed by atoms with Crippen LogP contribution in [0.2, 0.25) is 0 Å². The van der Waals surface area contributed by atoms with Crippen molar-refractivity contribution in [3.8, 4) is 0 Å². The lowest BCUT2D eigenvalue weighted by molar-refractivity contribution is 0.592. The molecule has 1 rings (SSSR count). The summed E-state index contributed by atoms with van der Waals surface area (Å²) in [5.74, 6) is 0.250. The van der Waals surface area contributed by atoms with Gasteiger partial charge in [-0.2, -0.15) is 0 Å². The molecule has 0 saturated carbocycles. The number of aryl methyl sites for hydroxylation is 1. The van der Waals surface area contributed by atoms with E-state index in [4.69, 9.17) is 0 Å². The van der Waals surface area contributed by atoms with Crippen LogP contribution >= 0.6 is 0 Å². The first-order valence-electron chi connectivity index (χ1n) is 7.83. The maximum Gasteiger partial charge on any atom is 0.0397 e. The molecule has 22 heavy (non-hydrogen) atoms. The van der Waals surface area contributed by atoms with Crippen LogP contribution in [0.25, 0.3) is 0 Å². The number of rotatable bonds is 5. The van der Waals surface area contributed by atoms with Crippen LogP contribution in [0.5, 0.6) is 0 Å². The molecule has 0 aliphatic rings. The maximum atomic E-state index is 4.43. The minimum absolute atomic E-state index is 0.0566. The molecule has 1 aromatic carbocycles. The Kier molecular flexibility index (Phi) is 6.16. The molecule has 1 atom stereocenters. The summed E-state index contributed by atoms with van der Waals surface area (Å²) < 4.78 is 0. The number of hydrogen-bond donors (Lipinski definition) is 1. The van der Waals surface area contributed by atoms with Gasteiger partial charge in [0.1, 0.15) is 0 Å². The lowest BCUT2D eigenvalue weighted by atomic mass is 9.87. The monoisotopic (exact) mass is 298 g/mol. The number of aliphatic imine (C=N–C) groups is 1. The van der Waals surface area contributed by atoms with Crippen LogP contribution in [-0.2, 0) is 0 Å². The van der Waals surface area contributed by atoms with Crippen molar-refractivity contribution in [2.45, 2.75) is 41.5 Å². The van der Waals surface area contributed by atoms with Gasteiger partial charge in [0, 0.05) is 35.5 Å². The first-order chi connectivity index (χ1) is 10.1. The number of nitrogens with one attached hydrogen (secondary N) is 1. The van der Waals surface area contributed by atoms with E-state index < -0.39 is 0 Å². The van der Waals surface area contributed by atoms with E-state index in [1.165, 1.54) is 11.1 Å². The van der Waals surface area contributed by atoms with Crippen LogP contribution in [0.4, 0.5) is 5.69 Å². The van der Waals surface area contributed by atoms with E-state index in [1.54, 1.807) is 0 Å². The Bertz CT molecular complexity index is 586. The molecule has 120 valence electrons. The Hall–Kier alpha value is -1.83. The van der Waals surface area contributed by atoms with Gasteiger partial charge in [-0.3, -0.25) is 4.99 Å². The number of hydrogen-bond acceptors (Lipinski definition) is 2. The minimum Gasteiger partial charge on any atom is -0.359 e. The van der Waals surface area contributed by atoms with Crippen molar-refractivity contribution in [3.63, 3.8) is 0 Å². The highest BCUT2D eigenvalue weighted by Gasteiger charge is 2.18. The smallest absolute Gasteiger partial charge is 0.0397 e. The van der Waals surface area contributed by atoms with Crippen LogP contribution in [0.1, 0.15) is 40.2 Å². The van der Waals surface area contributed by atoms with Crippen molar-refractivity contribution in [1.82, 2.24) is 0 Å². The van der Waals surface area contributed by atoms with Crippen LogP contribution in [0, 0.1) is 18.3 Å². The highest BCUT2D eigenvalue weighted by Crippen LogP contribution is 2.24. The zero-order valence-electron chi connectivity index (χ0n) is 15.1. The molecule has 1 unspecified atom stereocenters. The van der Waals surface area contributed by atoms with E-state index in [9.17, 15) is 0 Å². The Balaban J connectivity index is 2.86. The molecule has 0 amide bonds. The molecular weight excluding hydrogens is 268 g/mol. The molecule has 0 bridgehead atoms. The van der Waals surface area contributed by atoms with E-state index in [1.807, 2.05) is 7.05 Å². The molecule has 0 radical (unpaired) electrons. The first-order valence-corrected chi connectivity index (χ1v) is 7.83. The summed E-state index contributed by atoms with van der Waals surface area (Å²) in [6.07, 6.45) is 2.19. The zero-order valence-corrected chi connectivity index (χ0v) is 15.1. The number of nitrogens with zero attached hydrogens (tertiary/aromatic N) is 1. The molecule has 0 saturated heterocycles. The van der Waals surface area contributed by atoms with Gasteiger partial charge in [-0.05, 0) is 37.6 Å². The fourth-order valence-corrected chi connectivity index (χ4v) is 2.25. The molecule has 0 spiro atoms. The van der Waals surface area contributed by atoms with Crippen LogP contribution in [0.15, 0.2) is 53.2 Å². The molecule has 2 nitrogen and oxygen atoms in total. The number of allylic oxidation sites excluding steroid dienone is 2. The van der Waals surface area contributed by atoms with Crippen LogP contribution in [0.3, 0.4) is 0 Å². The van der Waals surface area contributed by atoms with Crippen molar-refractivity contribution in [2.75, 3.05) is 12.4 Å². The topological polar surface area (TPSA) is 24.4 Å². The van der Waals surface area contributed by atoms with Gasteiger partial charge in [-0.1, -0.05) is 52.0 Å². The average molecular weight is 298 g/mol. The molecule has 0 aliphatic heterocycles. The Morgan fingerprint density at radius 1 is 1.32 bits per heavy atom. The molecule has 0 aliphatic carbocycles. The predicted molar refractivity (Wildman–Crippen MR) is 99.7 cm³/mol. The first kappa shape index (κ1) is 18.2. The van der Waals surface area contributed by atoms with Crippen molar-refractivity contribution in [1.29, 1.82) is 0 Å². The second-order valence-electron chi connectivity index (χ2n) is 6.99. The van der Waals surface area contributed by atoms with E-state index >= 15 is 0 Å². The van der Waals surface area contributed by atoms with E-state index in [-0.39, 0.29) is 11.3 Å². The molecular formula is C20H30N2. The normalized spacial score (nSPS) is 14.7. The van der Waals surface area contributed by atoms with Gasteiger partial charge in [0.2, 0.25) is 0 Å².